The van der Waals surface area contributed by atoms with Gasteiger partial charge in [0.25, 0.3) is 0 Å². The average molecular weight is 515 g/mol. The van der Waals surface area contributed by atoms with Gasteiger partial charge >= 0.3 is 0 Å². The Morgan fingerprint density at radius 2 is 0.775 bits per heavy atom. The van der Waals surface area contributed by atoms with Crippen molar-refractivity contribution in [2.45, 2.75) is 0 Å². The Morgan fingerprint density at radius 3 is 1.23 bits per heavy atom. The van der Waals surface area contributed by atoms with Gasteiger partial charge in [0.1, 0.15) is 0 Å². The van der Waals surface area contributed by atoms with Crippen molar-refractivity contribution in [3.8, 4) is 44.9 Å². The van der Waals surface area contributed by atoms with E-state index in [2.05, 4.69) is 107 Å². The van der Waals surface area contributed by atoms with Gasteiger partial charge in [-0.15, -0.1) is 0 Å². The lowest BCUT2D eigenvalue weighted by Gasteiger charge is -2.14. The van der Waals surface area contributed by atoms with E-state index >= 15 is 0 Å². The maximum absolute atomic E-state index is 5.53. The quantitative estimate of drug-likeness (QED) is 0.219. The van der Waals surface area contributed by atoms with Crippen LogP contribution < -0.4 is 0 Å². The van der Waals surface area contributed by atoms with E-state index in [0.717, 1.165) is 33.8 Å². The summed E-state index contributed by atoms with van der Waals surface area (Å²) in [5.41, 5.74) is 6.64. The lowest BCUT2D eigenvalue weighted by Crippen LogP contribution is -1.87. The third kappa shape index (κ3) is 3.69. The minimum Gasteiger partial charge on any atom is -0.444 e. The summed E-state index contributed by atoms with van der Waals surface area (Å²) in [7, 11) is 0. The molecule has 0 saturated carbocycles. The third-order valence-corrected chi connectivity index (χ3v) is 7.66. The SMILES string of the molecule is c1cc(-c2ccc3c4ccc(-c5cccc(-c6cnco6)c5)cc4c4ccccc4c3c2)cc(-c2cnco2)c1. The van der Waals surface area contributed by atoms with Crippen LogP contribution in [0.2, 0.25) is 0 Å². The molecule has 4 nitrogen and oxygen atoms in total. The van der Waals surface area contributed by atoms with Crippen LogP contribution in [-0.2, 0) is 0 Å². The molecule has 0 N–H and O–H groups in total. The molecule has 0 spiro atoms. The molecule has 0 atom stereocenters. The van der Waals surface area contributed by atoms with Crippen LogP contribution in [0.4, 0.5) is 0 Å². The van der Waals surface area contributed by atoms with Crippen LogP contribution in [-0.4, -0.2) is 9.97 Å². The number of hydrogen-bond donors (Lipinski definition) is 0. The second-order valence-corrected chi connectivity index (χ2v) is 9.96. The standard InChI is InChI=1S/C36H22N2O2/c1-2-10-30-29(9-1)33-17-25(23-5-3-7-27(15-23)35-19-37-21-39-35)11-13-31(33)32-14-12-26(18-34(30)32)24-6-4-8-28(16-24)36-20-38-22-40-36/h1-22H. The van der Waals surface area contributed by atoms with Gasteiger partial charge in [-0.2, -0.15) is 0 Å². The molecular formula is C36H22N2O2. The minimum atomic E-state index is 0.765. The third-order valence-electron chi connectivity index (χ3n) is 7.66. The molecule has 8 aromatic rings. The van der Waals surface area contributed by atoms with Crippen molar-refractivity contribution in [2.24, 2.45) is 0 Å². The Kier molecular flexibility index (Phi) is 5.10. The van der Waals surface area contributed by atoms with E-state index in [1.54, 1.807) is 12.4 Å². The van der Waals surface area contributed by atoms with Crippen molar-refractivity contribution < 1.29 is 8.83 Å². The zero-order valence-corrected chi connectivity index (χ0v) is 21.4. The van der Waals surface area contributed by atoms with E-state index in [1.165, 1.54) is 56.2 Å². The molecule has 0 aliphatic heterocycles. The van der Waals surface area contributed by atoms with Crippen molar-refractivity contribution in [3.05, 3.63) is 134 Å². The van der Waals surface area contributed by atoms with Crippen LogP contribution in [0.25, 0.3) is 77.2 Å². The predicted molar refractivity (Wildman–Crippen MR) is 161 cm³/mol. The van der Waals surface area contributed by atoms with Gasteiger partial charge in [0.15, 0.2) is 24.3 Å². The van der Waals surface area contributed by atoms with Crippen LogP contribution in [0.5, 0.6) is 0 Å². The zero-order chi connectivity index (χ0) is 26.5. The van der Waals surface area contributed by atoms with Crippen LogP contribution in [0.15, 0.2) is 143 Å². The van der Waals surface area contributed by atoms with E-state index in [0.29, 0.717) is 0 Å². The molecule has 0 radical (unpaired) electrons. The summed E-state index contributed by atoms with van der Waals surface area (Å²) in [6, 6.07) is 39.1. The molecule has 0 unspecified atom stereocenters. The fourth-order valence-electron chi connectivity index (χ4n) is 5.74. The number of oxazole rings is 2. The molecule has 188 valence electrons. The first-order valence-corrected chi connectivity index (χ1v) is 13.2. The second kappa shape index (κ2) is 9.07. The lowest BCUT2D eigenvalue weighted by molar-refractivity contribution is 0.571. The predicted octanol–water partition coefficient (Wildman–Crippen LogP) is 9.79. The first kappa shape index (κ1) is 22.5. The normalized spacial score (nSPS) is 11.5. The molecule has 8 rings (SSSR count). The van der Waals surface area contributed by atoms with Gasteiger partial charge in [-0.1, -0.05) is 84.9 Å². The molecule has 4 heteroatoms. The van der Waals surface area contributed by atoms with Gasteiger partial charge < -0.3 is 8.83 Å². The molecule has 6 aromatic carbocycles. The van der Waals surface area contributed by atoms with Crippen molar-refractivity contribution >= 4 is 32.3 Å². The van der Waals surface area contributed by atoms with Gasteiger partial charge in [0, 0.05) is 11.1 Å². The van der Waals surface area contributed by atoms with E-state index in [1.807, 2.05) is 12.1 Å². The average Bonchev–Trinajstić information content (AvgIpc) is 3.77. The highest BCUT2D eigenvalue weighted by Crippen LogP contribution is 2.39. The topological polar surface area (TPSA) is 52.1 Å². The van der Waals surface area contributed by atoms with Gasteiger partial charge in [-0.25, -0.2) is 9.97 Å². The van der Waals surface area contributed by atoms with E-state index in [4.69, 9.17) is 8.83 Å². The summed E-state index contributed by atoms with van der Waals surface area (Å²) in [5.74, 6) is 1.53. The van der Waals surface area contributed by atoms with E-state index < -0.39 is 0 Å². The van der Waals surface area contributed by atoms with Crippen LogP contribution >= 0.6 is 0 Å². The van der Waals surface area contributed by atoms with Crippen LogP contribution in [0.3, 0.4) is 0 Å². The van der Waals surface area contributed by atoms with Crippen LogP contribution in [0, 0.1) is 0 Å². The zero-order valence-electron chi connectivity index (χ0n) is 21.4. The molecule has 0 aliphatic carbocycles. The molecule has 0 aliphatic rings. The summed E-state index contributed by atoms with van der Waals surface area (Å²) < 4.78 is 11.1. The van der Waals surface area contributed by atoms with Gasteiger partial charge in [-0.05, 0) is 78.8 Å². The molecule has 2 aromatic heterocycles. The highest BCUT2D eigenvalue weighted by Gasteiger charge is 2.12. The second-order valence-electron chi connectivity index (χ2n) is 9.96. The number of aromatic nitrogens is 2. The first-order chi connectivity index (χ1) is 19.8. The summed E-state index contributed by atoms with van der Waals surface area (Å²) in [6.07, 6.45) is 6.43. The molecule has 0 bridgehead atoms. The van der Waals surface area contributed by atoms with Crippen molar-refractivity contribution in [2.75, 3.05) is 0 Å². The fourth-order valence-corrected chi connectivity index (χ4v) is 5.74. The number of nitrogens with zero attached hydrogens (tertiary/aromatic N) is 2. The van der Waals surface area contributed by atoms with Crippen molar-refractivity contribution in [3.63, 3.8) is 0 Å². The van der Waals surface area contributed by atoms with Gasteiger partial charge in [-0.3, -0.25) is 0 Å². The number of benzene rings is 6. The highest BCUT2D eigenvalue weighted by molar-refractivity contribution is 6.26. The fraction of sp³-hybridized carbons (Fsp3) is 0. The summed E-state index contributed by atoms with van der Waals surface area (Å²) in [5, 5.41) is 7.45. The van der Waals surface area contributed by atoms with Gasteiger partial charge in [0.05, 0.1) is 12.4 Å². The monoisotopic (exact) mass is 514 g/mol. The largest absolute Gasteiger partial charge is 0.444 e. The minimum absolute atomic E-state index is 0.765. The van der Waals surface area contributed by atoms with Crippen molar-refractivity contribution in [1.82, 2.24) is 9.97 Å². The number of rotatable bonds is 4. The Morgan fingerprint density at radius 1 is 0.350 bits per heavy atom. The smallest absolute Gasteiger partial charge is 0.181 e. The summed E-state index contributed by atoms with van der Waals surface area (Å²) in [6.45, 7) is 0. The van der Waals surface area contributed by atoms with E-state index in [-0.39, 0.29) is 0 Å². The molecule has 0 fully saturated rings. The molecule has 2 heterocycles. The summed E-state index contributed by atoms with van der Waals surface area (Å²) in [4.78, 5) is 8.15. The van der Waals surface area contributed by atoms with Gasteiger partial charge in [0.2, 0.25) is 0 Å². The molecular weight excluding hydrogens is 492 g/mol. The van der Waals surface area contributed by atoms with E-state index in [9.17, 15) is 0 Å². The lowest BCUT2D eigenvalue weighted by atomic mass is 9.90. The highest BCUT2D eigenvalue weighted by atomic mass is 16.3. The maximum atomic E-state index is 5.53. The molecule has 0 amide bonds. The molecule has 40 heavy (non-hydrogen) atoms. The Hall–Kier alpha value is -5.48. The number of fused-ring (bicyclic) bond motifs is 6. The first-order valence-electron chi connectivity index (χ1n) is 13.2. The Labute approximate surface area is 230 Å². The Bertz CT molecular complexity index is 1980. The van der Waals surface area contributed by atoms with Crippen LogP contribution in [0.1, 0.15) is 0 Å². The summed E-state index contributed by atoms with van der Waals surface area (Å²) >= 11 is 0. The maximum Gasteiger partial charge on any atom is 0.181 e. The number of hydrogen-bond acceptors (Lipinski definition) is 4. The Balaban J connectivity index is 1.30. The van der Waals surface area contributed by atoms with Crippen molar-refractivity contribution in [1.29, 1.82) is 0 Å². The molecule has 0 saturated heterocycles.